The van der Waals surface area contributed by atoms with Gasteiger partial charge in [-0.1, -0.05) is 26.7 Å². The first-order valence-electron chi connectivity index (χ1n) is 6.74. The zero-order valence-corrected chi connectivity index (χ0v) is 11.2. The molecule has 0 unspecified atom stereocenters. The average Bonchev–Trinajstić information content (AvgIpc) is 2.56. The van der Waals surface area contributed by atoms with Crippen LogP contribution in [0.5, 0.6) is 0 Å². The molecule has 100 valence electrons. The van der Waals surface area contributed by atoms with Gasteiger partial charge in [0.25, 0.3) is 5.91 Å². The van der Waals surface area contributed by atoms with Crippen LogP contribution in [0, 0.1) is 0 Å². The molecule has 3 atom stereocenters. The van der Waals surface area contributed by atoms with Crippen LogP contribution in [0.1, 0.15) is 46.5 Å². The molecule has 0 aromatic heterocycles. The highest BCUT2D eigenvalue weighted by atomic mass is 16.5. The van der Waals surface area contributed by atoms with Crippen molar-refractivity contribution in [2.45, 2.75) is 64.7 Å². The Bertz CT molecular complexity index is 233. The molecule has 1 amide bonds. The number of amides is 1. The predicted octanol–water partition coefficient (Wildman–Crippen LogP) is 1.88. The number of ether oxygens (including phenoxy) is 2. The van der Waals surface area contributed by atoms with Crippen LogP contribution >= 0.6 is 0 Å². The molecule has 4 heteroatoms. The van der Waals surface area contributed by atoms with E-state index in [1.807, 2.05) is 6.92 Å². The van der Waals surface area contributed by atoms with Crippen molar-refractivity contribution in [3.8, 4) is 0 Å². The molecule has 0 spiro atoms. The van der Waals surface area contributed by atoms with Crippen molar-refractivity contribution in [1.82, 2.24) is 5.32 Å². The summed E-state index contributed by atoms with van der Waals surface area (Å²) in [4.78, 5) is 11.7. The van der Waals surface area contributed by atoms with Crippen molar-refractivity contribution in [2.75, 3.05) is 13.2 Å². The van der Waals surface area contributed by atoms with Crippen molar-refractivity contribution in [2.24, 2.45) is 0 Å². The van der Waals surface area contributed by atoms with Gasteiger partial charge >= 0.3 is 0 Å². The van der Waals surface area contributed by atoms with Gasteiger partial charge in [0, 0.05) is 13.2 Å². The minimum Gasteiger partial charge on any atom is -0.373 e. The van der Waals surface area contributed by atoms with Gasteiger partial charge in [-0.25, -0.2) is 0 Å². The fourth-order valence-electron chi connectivity index (χ4n) is 1.92. The lowest BCUT2D eigenvalue weighted by Gasteiger charge is -2.20. The van der Waals surface area contributed by atoms with Gasteiger partial charge in [-0.2, -0.15) is 0 Å². The summed E-state index contributed by atoms with van der Waals surface area (Å²) in [6.45, 7) is 7.54. The van der Waals surface area contributed by atoms with E-state index < -0.39 is 6.10 Å². The summed E-state index contributed by atoms with van der Waals surface area (Å²) >= 11 is 0. The molecular formula is C13H25NO3. The largest absolute Gasteiger partial charge is 0.373 e. The summed E-state index contributed by atoms with van der Waals surface area (Å²) in [7, 11) is 0. The maximum absolute atomic E-state index is 11.7. The summed E-state index contributed by atoms with van der Waals surface area (Å²) in [5.41, 5.74) is 0. The van der Waals surface area contributed by atoms with Gasteiger partial charge in [-0.3, -0.25) is 4.79 Å². The summed E-state index contributed by atoms with van der Waals surface area (Å²) in [6.07, 6.45) is 3.63. The number of rotatable bonds is 8. The van der Waals surface area contributed by atoms with Gasteiger partial charge in [-0.15, -0.1) is 0 Å². The van der Waals surface area contributed by atoms with E-state index in [2.05, 4.69) is 19.2 Å². The predicted molar refractivity (Wildman–Crippen MR) is 66.9 cm³/mol. The van der Waals surface area contributed by atoms with E-state index in [0.29, 0.717) is 13.2 Å². The second-order valence-corrected chi connectivity index (χ2v) is 4.63. The standard InChI is InChI=1S/C13H25NO3/c1-4-6-8-16-11-10(3)14-13(15)12(11)17-9-7-5-2/h10-12H,4-9H2,1-3H3,(H,14,15)/t10-,11-,12+/m1/s1. The van der Waals surface area contributed by atoms with Crippen LogP contribution in [0.3, 0.4) is 0 Å². The first kappa shape index (κ1) is 14.5. The van der Waals surface area contributed by atoms with E-state index in [9.17, 15) is 4.79 Å². The molecule has 0 aliphatic carbocycles. The van der Waals surface area contributed by atoms with Crippen LogP contribution in [-0.4, -0.2) is 37.4 Å². The Hall–Kier alpha value is -0.610. The molecule has 0 aromatic carbocycles. The molecule has 1 aliphatic rings. The quantitative estimate of drug-likeness (QED) is 0.662. The molecule has 1 heterocycles. The third-order valence-corrected chi connectivity index (χ3v) is 3.02. The van der Waals surface area contributed by atoms with Crippen LogP contribution in [0.4, 0.5) is 0 Å². The van der Waals surface area contributed by atoms with E-state index in [1.54, 1.807) is 0 Å². The minimum absolute atomic E-state index is 0.0323. The van der Waals surface area contributed by atoms with E-state index >= 15 is 0 Å². The first-order chi connectivity index (χ1) is 8.20. The molecule has 1 saturated heterocycles. The molecule has 0 saturated carbocycles. The zero-order chi connectivity index (χ0) is 12.7. The van der Waals surface area contributed by atoms with Crippen LogP contribution in [0.25, 0.3) is 0 Å². The number of carbonyl (C=O) groups excluding carboxylic acids is 1. The third-order valence-electron chi connectivity index (χ3n) is 3.02. The fourth-order valence-corrected chi connectivity index (χ4v) is 1.92. The molecular weight excluding hydrogens is 218 g/mol. The van der Waals surface area contributed by atoms with E-state index in [0.717, 1.165) is 25.7 Å². The van der Waals surface area contributed by atoms with Crippen LogP contribution in [0.15, 0.2) is 0 Å². The number of hydrogen-bond acceptors (Lipinski definition) is 3. The molecule has 1 aliphatic heterocycles. The zero-order valence-electron chi connectivity index (χ0n) is 11.2. The third kappa shape index (κ3) is 4.28. The van der Waals surface area contributed by atoms with E-state index in [1.165, 1.54) is 0 Å². The van der Waals surface area contributed by atoms with Gasteiger partial charge in [0.2, 0.25) is 0 Å². The maximum Gasteiger partial charge on any atom is 0.252 e. The van der Waals surface area contributed by atoms with Crippen molar-refractivity contribution < 1.29 is 14.3 Å². The smallest absolute Gasteiger partial charge is 0.252 e. The molecule has 0 bridgehead atoms. The second-order valence-electron chi connectivity index (χ2n) is 4.63. The Kier molecular flexibility index (Phi) is 6.52. The van der Waals surface area contributed by atoms with Crippen LogP contribution in [0.2, 0.25) is 0 Å². The lowest BCUT2D eigenvalue weighted by molar-refractivity contribution is -0.135. The Balaban J connectivity index is 2.41. The van der Waals surface area contributed by atoms with Crippen LogP contribution < -0.4 is 5.32 Å². The molecule has 1 fully saturated rings. The molecule has 0 radical (unpaired) electrons. The topological polar surface area (TPSA) is 47.6 Å². The van der Waals surface area contributed by atoms with Crippen molar-refractivity contribution in [1.29, 1.82) is 0 Å². The lowest BCUT2D eigenvalue weighted by Crippen LogP contribution is -2.36. The molecule has 1 N–H and O–H groups in total. The molecule has 0 aromatic rings. The van der Waals surface area contributed by atoms with E-state index in [-0.39, 0.29) is 18.1 Å². The summed E-state index contributed by atoms with van der Waals surface area (Å²) < 4.78 is 11.4. The maximum atomic E-state index is 11.7. The highest BCUT2D eigenvalue weighted by Gasteiger charge is 2.41. The van der Waals surface area contributed by atoms with E-state index in [4.69, 9.17) is 9.47 Å². The number of carbonyl (C=O) groups is 1. The van der Waals surface area contributed by atoms with Crippen molar-refractivity contribution in [3.05, 3.63) is 0 Å². The Morgan fingerprint density at radius 3 is 2.29 bits per heavy atom. The SMILES string of the molecule is CCCCO[C@H]1[C@H](OCCCC)C(=O)N[C@@H]1C. The summed E-state index contributed by atoms with van der Waals surface area (Å²) in [5.74, 6) is -0.0323. The summed E-state index contributed by atoms with van der Waals surface area (Å²) in [6, 6.07) is 0.0472. The summed E-state index contributed by atoms with van der Waals surface area (Å²) in [5, 5.41) is 2.88. The Labute approximate surface area is 104 Å². The normalized spacial score (nSPS) is 28.4. The molecule has 1 rings (SSSR count). The fraction of sp³-hybridized carbons (Fsp3) is 0.923. The van der Waals surface area contributed by atoms with Gasteiger partial charge in [-0.05, 0) is 19.8 Å². The average molecular weight is 243 g/mol. The molecule has 4 nitrogen and oxygen atoms in total. The monoisotopic (exact) mass is 243 g/mol. The van der Waals surface area contributed by atoms with Crippen LogP contribution in [-0.2, 0) is 14.3 Å². The molecule has 17 heavy (non-hydrogen) atoms. The van der Waals surface area contributed by atoms with Crippen molar-refractivity contribution in [3.63, 3.8) is 0 Å². The minimum atomic E-state index is -0.423. The van der Waals surface area contributed by atoms with Gasteiger partial charge in [0.15, 0.2) is 6.10 Å². The Morgan fingerprint density at radius 1 is 1.12 bits per heavy atom. The lowest BCUT2D eigenvalue weighted by atomic mass is 10.1. The Morgan fingerprint density at radius 2 is 1.71 bits per heavy atom. The second kappa shape index (κ2) is 7.67. The number of unbranched alkanes of at least 4 members (excludes halogenated alkanes) is 2. The number of nitrogens with one attached hydrogen (secondary N) is 1. The number of hydrogen-bond donors (Lipinski definition) is 1. The first-order valence-corrected chi connectivity index (χ1v) is 6.74. The highest BCUT2D eigenvalue weighted by molar-refractivity contribution is 5.84. The highest BCUT2D eigenvalue weighted by Crippen LogP contribution is 2.17. The van der Waals surface area contributed by atoms with Gasteiger partial charge in [0.1, 0.15) is 6.10 Å². The van der Waals surface area contributed by atoms with Gasteiger partial charge in [0.05, 0.1) is 6.04 Å². The van der Waals surface area contributed by atoms with Crippen molar-refractivity contribution >= 4 is 5.91 Å². The van der Waals surface area contributed by atoms with Gasteiger partial charge < -0.3 is 14.8 Å².